The van der Waals surface area contributed by atoms with E-state index in [0.29, 0.717) is 6.42 Å². The van der Waals surface area contributed by atoms with Crippen LogP contribution < -0.4 is 0 Å². The van der Waals surface area contributed by atoms with Crippen LogP contribution in [0.1, 0.15) is 17.9 Å². The molecular formula is C11H11ClO. The van der Waals surface area contributed by atoms with Crippen LogP contribution in [0, 0.1) is 0 Å². The van der Waals surface area contributed by atoms with Crippen LogP contribution >= 0.6 is 11.6 Å². The Morgan fingerprint density at radius 3 is 2.54 bits per heavy atom. The number of carbonyl (C=O) groups is 1. The predicted molar refractivity (Wildman–Crippen MR) is 54.9 cm³/mol. The molecule has 0 saturated heterocycles. The predicted octanol–water partition coefficient (Wildman–Crippen LogP) is 3.11. The minimum absolute atomic E-state index is 0.250. The SMILES string of the molecule is C=CCC(C(=O)Cl)c1ccccc1. The lowest BCUT2D eigenvalue weighted by molar-refractivity contribution is -0.112. The third-order valence-corrected chi connectivity index (χ3v) is 2.14. The molecule has 13 heavy (non-hydrogen) atoms. The van der Waals surface area contributed by atoms with Crippen LogP contribution in [0.4, 0.5) is 0 Å². The first-order valence-electron chi connectivity index (χ1n) is 4.11. The highest BCUT2D eigenvalue weighted by Gasteiger charge is 2.15. The molecule has 0 spiro atoms. The number of carbonyl (C=O) groups excluding carboxylic acids is 1. The van der Waals surface area contributed by atoms with E-state index in [2.05, 4.69) is 6.58 Å². The molecule has 0 saturated carbocycles. The van der Waals surface area contributed by atoms with E-state index in [1.54, 1.807) is 6.08 Å². The first-order chi connectivity index (χ1) is 6.25. The molecule has 0 N–H and O–H groups in total. The van der Waals surface area contributed by atoms with Crippen molar-refractivity contribution in [3.05, 3.63) is 48.6 Å². The summed E-state index contributed by atoms with van der Waals surface area (Å²) in [6.45, 7) is 3.60. The van der Waals surface area contributed by atoms with Crippen molar-refractivity contribution in [2.75, 3.05) is 0 Å². The molecule has 0 aliphatic rings. The Hall–Kier alpha value is -1.08. The standard InChI is InChI=1S/C11H11ClO/c1-2-6-10(11(12)13)9-7-4-3-5-8-9/h2-5,7-8,10H,1,6H2. The molecular weight excluding hydrogens is 184 g/mol. The molecule has 68 valence electrons. The van der Waals surface area contributed by atoms with Crippen LogP contribution in [-0.4, -0.2) is 5.24 Å². The maximum atomic E-state index is 11.1. The third-order valence-electron chi connectivity index (χ3n) is 1.88. The van der Waals surface area contributed by atoms with E-state index in [-0.39, 0.29) is 11.2 Å². The molecule has 1 unspecified atom stereocenters. The van der Waals surface area contributed by atoms with Crippen LogP contribution in [0.2, 0.25) is 0 Å². The molecule has 0 aliphatic carbocycles. The second-order valence-electron chi connectivity index (χ2n) is 2.79. The van der Waals surface area contributed by atoms with Crippen molar-refractivity contribution in [1.29, 1.82) is 0 Å². The molecule has 1 aromatic rings. The number of allylic oxidation sites excluding steroid dienone is 1. The van der Waals surface area contributed by atoms with Crippen molar-refractivity contribution in [2.24, 2.45) is 0 Å². The fraction of sp³-hybridized carbons (Fsp3) is 0.182. The molecule has 1 nitrogen and oxygen atoms in total. The number of hydrogen-bond acceptors (Lipinski definition) is 1. The third kappa shape index (κ3) is 2.71. The molecule has 1 rings (SSSR count). The molecule has 1 atom stereocenters. The second kappa shape index (κ2) is 4.83. The minimum atomic E-state index is -0.328. The van der Waals surface area contributed by atoms with Gasteiger partial charge >= 0.3 is 0 Å². The second-order valence-corrected chi connectivity index (χ2v) is 3.16. The van der Waals surface area contributed by atoms with Gasteiger partial charge in [-0.1, -0.05) is 36.4 Å². The van der Waals surface area contributed by atoms with Gasteiger partial charge in [-0.15, -0.1) is 6.58 Å². The first kappa shape index (κ1) is 10.0. The monoisotopic (exact) mass is 194 g/mol. The zero-order valence-corrected chi connectivity index (χ0v) is 8.00. The lowest BCUT2D eigenvalue weighted by Gasteiger charge is -2.09. The Morgan fingerprint density at radius 2 is 2.08 bits per heavy atom. The number of halogens is 1. The summed E-state index contributed by atoms with van der Waals surface area (Å²) in [7, 11) is 0. The van der Waals surface area contributed by atoms with Crippen molar-refractivity contribution in [1.82, 2.24) is 0 Å². The zero-order valence-electron chi connectivity index (χ0n) is 7.24. The molecule has 0 fully saturated rings. The normalized spacial score (nSPS) is 12.1. The highest BCUT2D eigenvalue weighted by atomic mass is 35.5. The minimum Gasteiger partial charge on any atom is -0.281 e. The lowest BCUT2D eigenvalue weighted by atomic mass is 9.97. The summed E-state index contributed by atoms with van der Waals surface area (Å²) in [6, 6.07) is 9.49. The smallest absolute Gasteiger partial charge is 0.229 e. The summed E-state index contributed by atoms with van der Waals surface area (Å²) < 4.78 is 0. The Labute approximate surface area is 83.0 Å². The van der Waals surface area contributed by atoms with E-state index >= 15 is 0 Å². The summed E-state index contributed by atoms with van der Waals surface area (Å²) in [5.41, 5.74) is 0.947. The molecule has 0 aliphatic heterocycles. The van der Waals surface area contributed by atoms with Crippen LogP contribution in [0.25, 0.3) is 0 Å². The van der Waals surface area contributed by atoms with Crippen molar-refractivity contribution in [2.45, 2.75) is 12.3 Å². The summed E-state index contributed by atoms with van der Waals surface area (Å²) in [5.74, 6) is -0.250. The van der Waals surface area contributed by atoms with Gasteiger partial charge in [-0.3, -0.25) is 4.79 Å². The van der Waals surface area contributed by atoms with E-state index < -0.39 is 0 Å². The van der Waals surface area contributed by atoms with Crippen LogP contribution in [0.15, 0.2) is 43.0 Å². The summed E-state index contributed by atoms with van der Waals surface area (Å²) in [4.78, 5) is 11.1. The molecule has 0 aromatic heterocycles. The van der Waals surface area contributed by atoms with E-state index in [0.717, 1.165) is 5.56 Å². The Bertz CT molecular complexity index is 292. The van der Waals surface area contributed by atoms with Gasteiger partial charge < -0.3 is 0 Å². The van der Waals surface area contributed by atoms with Gasteiger partial charge in [0.1, 0.15) is 0 Å². The number of rotatable bonds is 4. The number of benzene rings is 1. The van der Waals surface area contributed by atoms with Crippen LogP contribution in [-0.2, 0) is 4.79 Å². The van der Waals surface area contributed by atoms with Crippen molar-refractivity contribution < 1.29 is 4.79 Å². The van der Waals surface area contributed by atoms with Crippen molar-refractivity contribution in [3.63, 3.8) is 0 Å². The quantitative estimate of drug-likeness (QED) is 0.532. The molecule has 2 heteroatoms. The van der Waals surface area contributed by atoms with Gasteiger partial charge in [0, 0.05) is 0 Å². The molecule has 1 aromatic carbocycles. The summed E-state index contributed by atoms with van der Waals surface area (Å²) >= 11 is 5.47. The Kier molecular flexibility index (Phi) is 3.71. The van der Waals surface area contributed by atoms with Gasteiger partial charge in [0.25, 0.3) is 0 Å². The first-order valence-corrected chi connectivity index (χ1v) is 4.48. The van der Waals surface area contributed by atoms with E-state index in [9.17, 15) is 4.79 Å². The van der Waals surface area contributed by atoms with Gasteiger partial charge in [0.2, 0.25) is 5.24 Å². The van der Waals surface area contributed by atoms with Gasteiger partial charge in [-0.2, -0.15) is 0 Å². The Balaban J connectivity index is 2.88. The molecule has 0 amide bonds. The largest absolute Gasteiger partial charge is 0.281 e. The van der Waals surface area contributed by atoms with Gasteiger partial charge in [0.15, 0.2) is 0 Å². The van der Waals surface area contributed by atoms with E-state index in [4.69, 9.17) is 11.6 Å². The maximum Gasteiger partial charge on any atom is 0.229 e. The zero-order chi connectivity index (χ0) is 9.68. The van der Waals surface area contributed by atoms with E-state index in [1.807, 2.05) is 30.3 Å². The molecule has 0 heterocycles. The number of hydrogen-bond donors (Lipinski definition) is 0. The summed E-state index contributed by atoms with van der Waals surface area (Å²) in [6.07, 6.45) is 2.30. The average molecular weight is 195 g/mol. The molecule has 0 bridgehead atoms. The fourth-order valence-electron chi connectivity index (χ4n) is 1.21. The van der Waals surface area contributed by atoms with Gasteiger partial charge in [-0.25, -0.2) is 0 Å². The maximum absolute atomic E-state index is 11.1. The van der Waals surface area contributed by atoms with Crippen LogP contribution in [0.5, 0.6) is 0 Å². The average Bonchev–Trinajstić information content (AvgIpc) is 2.15. The van der Waals surface area contributed by atoms with Gasteiger partial charge in [-0.05, 0) is 23.6 Å². The van der Waals surface area contributed by atoms with Gasteiger partial charge in [0.05, 0.1) is 5.92 Å². The van der Waals surface area contributed by atoms with Crippen molar-refractivity contribution >= 4 is 16.8 Å². The molecule has 0 radical (unpaired) electrons. The van der Waals surface area contributed by atoms with E-state index in [1.165, 1.54) is 0 Å². The Morgan fingerprint density at radius 1 is 1.46 bits per heavy atom. The fourth-order valence-corrected chi connectivity index (χ4v) is 1.43. The highest BCUT2D eigenvalue weighted by Crippen LogP contribution is 2.22. The lowest BCUT2D eigenvalue weighted by Crippen LogP contribution is -2.05. The topological polar surface area (TPSA) is 17.1 Å². The summed E-state index contributed by atoms with van der Waals surface area (Å²) in [5, 5.41) is -0.328. The highest BCUT2D eigenvalue weighted by molar-refractivity contribution is 6.64. The van der Waals surface area contributed by atoms with Crippen molar-refractivity contribution in [3.8, 4) is 0 Å². The van der Waals surface area contributed by atoms with Crippen LogP contribution in [0.3, 0.4) is 0 Å².